The third kappa shape index (κ3) is 4.48. The second-order valence-electron chi connectivity index (χ2n) is 5.14. The van der Waals surface area contributed by atoms with Gasteiger partial charge in [-0.05, 0) is 48.7 Å². The third-order valence-corrected chi connectivity index (χ3v) is 3.78. The molecule has 0 aliphatic rings. The normalized spacial score (nSPS) is 12.1. The van der Waals surface area contributed by atoms with Crippen molar-refractivity contribution in [2.45, 2.75) is 25.7 Å². The second kappa shape index (κ2) is 8.06. The highest BCUT2D eigenvalue weighted by Gasteiger charge is 2.13. The van der Waals surface area contributed by atoms with Crippen LogP contribution >= 0.6 is 11.6 Å². The Morgan fingerprint density at radius 3 is 2.48 bits per heavy atom. The van der Waals surface area contributed by atoms with Crippen molar-refractivity contribution in [3.05, 3.63) is 64.7 Å². The zero-order valence-electron chi connectivity index (χ0n) is 12.4. The first-order valence-corrected chi connectivity index (χ1v) is 7.78. The number of ether oxygens (including phenoxy) is 1. The van der Waals surface area contributed by atoms with Gasteiger partial charge in [-0.15, -0.1) is 0 Å². The molecule has 112 valence electrons. The van der Waals surface area contributed by atoms with Crippen LogP contribution in [0.3, 0.4) is 0 Å². The Morgan fingerprint density at radius 1 is 1.10 bits per heavy atom. The van der Waals surface area contributed by atoms with E-state index in [0.717, 1.165) is 30.2 Å². The summed E-state index contributed by atoms with van der Waals surface area (Å²) in [5.41, 5.74) is 8.39. The maximum atomic E-state index is 5.97. The maximum Gasteiger partial charge on any atom is 0.122 e. The Balaban J connectivity index is 2.16. The van der Waals surface area contributed by atoms with Crippen LogP contribution in [0.1, 0.15) is 30.4 Å². The highest BCUT2D eigenvalue weighted by Crippen LogP contribution is 2.27. The molecule has 2 rings (SSSR count). The molecule has 1 unspecified atom stereocenters. The van der Waals surface area contributed by atoms with E-state index >= 15 is 0 Å². The molecule has 2 aromatic carbocycles. The molecule has 0 radical (unpaired) electrons. The van der Waals surface area contributed by atoms with Crippen molar-refractivity contribution in [1.82, 2.24) is 0 Å². The van der Waals surface area contributed by atoms with Crippen molar-refractivity contribution in [3.63, 3.8) is 0 Å². The van der Waals surface area contributed by atoms with Crippen molar-refractivity contribution < 1.29 is 4.74 Å². The Labute approximate surface area is 131 Å². The minimum atomic E-state index is 0.272. The average molecular weight is 304 g/mol. The molecule has 0 aliphatic carbocycles. The van der Waals surface area contributed by atoms with Crippen molar-refractivity contribution >= 4 is 11.6 Å². The Bertz CT molecular complexity index is 553. The van der Waals surface area contributed by atoms with Gasteiger partial charge in [-0.25, -0.2) is 0 Å². The Morgan fingerprint density at radius 2 is 1.81 bits per heavy atom. The van der Waals surface area contributed by atoms with E-state index in [1.54, 1.807) is 0 Å². The molecule has 0 saturated heterocycles. The fourth-order valence-corrected chi connectivity index (χ4v) is 2.49. The quantitative estimate of drug-likeness (QED) is 0.822. The van der Waals surface area contributed by atoms with Crippen LogP contribution in [-0.4, -0.2) is 13.2 Å². The van der Waals surface area contributed by atoms with Crippen LogP contribution in [0.2, 0.25) is 5.02 Å². The summed E-state index contributed by atoms with van der Waals surface area (Å²) in [6.45, 7) is 3.45. The Kier molecular flexibility index (Phi) is 6.09. The lowest BCUT2D eigenvalue weighted by Gasteiger charge is -2.18. The molecule has 21 heavy (non-hydrogen) atoms. The van der Waals surface area contributed by atoms with E-state index in [-0.39, 0.29) is 5.92 Å². The lowest BCUT2D eigenvalue weighted by Crippen LogP contribution is -2.15. The summed E-state index contributed by atoms with van der Waals surface area (Å²) >= 11 is 5.95. The molecular formula is C18H22ClNO. The number of hydrogen-bond donors (Lipinski definition) is 1. The molecule has 0 fully saturated rings. The molecule has 0 bridgehead atoms. The molecule has 2 N–H and O–H groups in total. The third-order valence-electron chi connectivity index (χ3n) is 3.53. The summed E-state index contributed by atoms with van der Waals surface area (Å²) in [4.78, 5) is 0. The minimum Gasteiger partial charge on any atom is -0.493 e. The van der Waals surface area contributed by atoms with E-state index in [1.807, 2.05) is 30.3 Å². The second-order valence-corrected chi connectivity index (χ2v) is 5.58. The van der Waals surface area contributed by atoms with Crippen LogP contribution in [0.4, 0.5) is 0 Å². The predicted octanol–water partition coefficient (Wildman–Crippen LogP) is 4.41. The zero-order valence-corrected chi connectivity index (χ0v) is 13.1. The lowest BCUT2D eigenvalue weighted by molar-refractivity contribution is 0.313. The van der Waals surface area contributed by atoms with Crippen LogP contribution < -0.4 is 10.5 Å². The molecule has 0 aromatic heterocycles. The van der Waals surface area contributed by atoms with E-state index in [2.05, 4.69) is 25.1 Å². The molecule has 0 amide bonds. The maximum absolute atomic E-state index is 5.97. The predicted molar refractivity (Wildman–Crippen MR) is 89.2 cm³/mol. The van der Waals surface area contributed by atoms with E-state index in [9.17, 15) is 0 Å². The monoisotopic (exact) mass is 303 g/mol. The molecule has 0 saturated carbocycles. The minimum absolute atomic E-state index is 0.272. The molecule has 1 atom stereocenters. The molecule has 2 aromatic rings. The van der Waals surface area contributed by atoms with E-state index < -0.39 is 0 Å². The van der Waals surface area contributed by atoms with Crippen LogP contribution in [0, 0.1) is 0 Å². The molecule has 0 aliphatic heterocycles. The fourth-order valence-electron chi connectivity index (χ4n) is 2.36. The number of para-hydroxylation sites is 1. The van der Waals surface area contributed by atoms with Crippen LogP contribution in [-0.2, 0) is 6.42 Å². The van der Waals surface area contributed by atoms with Gasteiger partial charge in [-0.2, -0.15) is 0 Å². The summed E-state index contributed by atoms with van der Waals surface area (Å²) in [6, 6.07) is 16.1. The number of nitrogens with two attached hydrogens (primary N) is 1. The largest absolute Gasteiger partial charge is 0.493 e. The van der Waals surface area contributed by atoms with Crippen LogP contribution in [0.5, 0.6) is 5.75 Å². The van der Waals surface area contributed by atoms with Gasteiger partial charge in [0.1, 0.15) is 5.75 Å². The first-order valence-electron chi connectivity index (χ1n) is 7.40. The SMILES string of the molecule is CCCOc1ccccc1CC(CN)c1ccc(Cl)cc1. The van der Waals surface area contributed by atoms with Crippen LogP contribution in [0.25, 0.3) is 0 Å². The molecule has 2 nitrogen and oxygen atoms in total. The number of benzene rings is 2. The summed E-state index contributed by atoms with van der Waals surface area (Å²) in [7, 11) is 0. The van der Waals surface area contributed by atoms with E-state index in [1.165, 1.54) is 11.1 Å². The van der Waals surface area contributed by atoms with Gasteiger partial charge in [0.05, 0.1) is 6.61 Å². The van der Waals surface area contributed by atoms with Crippen LogP contribution in [0.15, 0.2) is 48.5 Å². The summed E-state index contributed by atoms with van der Waals surface area (Å²) in [5, 5.41) is 0.751. The van der Waals surface area contributed by atoms with Gasteiger partial charge in [0, 0.05) is 10.9 Å². The van der Waals surface area contributed by atoms with Gasteiger partial charge in [0.25, 0.3) is 0 Å². The number of rotatable bonds is 7. The summed E-state index contributed by atoms with van der Waals surface area (Å²) in [6.07, 6.45) is 1.88. The van der Waals surface area contributed by atoms with Gasteiger partial charge in [-0.3, -0.25) is 0 Å². The van der Waals surface area contributed by atoms with Gasteiger partial charge < -0.3 is 10.5 Å². The summed E-state index contributed by atoms with van der Waals surface area (Å²) < 4.78 is 5.82. The Hall–Kier alpha value is -1.51. The first-order chi connectivity index (χ1) is 10.2. The lowest BCUT2D eigenvalue weighted by atomic mass is 9.92. The van der Waals surface area contributed by atoms with Crippen molar-refractivity contribution in [2.24, 2.45) is 5.73 Å². The number of hydrogen-bond acceptors (Lipinski definition) is 2. The van der Waals surface area contributed by atoms with E-state index in [4.69, 9.17) is 22.1 Å². The average Bonchev–Trinajstić information content (AvgIpc) is 2.52. The molecular weight excluding hydrogens is 282 g/mol. The van der Waals surface area contributed by atoms with Crippen molar-refractivity contribution in [2.75, 3.05) is 13.2 Å². The van der Waals surface area contributed by atoms with Gasteiger partial charge in [0.15, 0.2) is 0 Å². The smallest absolute Gasteiger partial charge is 0.122 e. The summed E-state index contributed by atoms with van der Waals surface area (Å²) in [5.74, 6) is 1.24. The molecule has 3 heteroatoms. The zero-order chi connectivity index (χ0) is 15.1. The van der Waals surface area contributed by atoms with Gasteiger partial charge in [0.2, 0.25) is 0 Å². The standard InChI is InChI=1S/C18H22ClNO/c1-2-11-21-18-6-4-3-5-15(18)12-16(13-20)14-7-9-17(19)10-8-14/h3-10,16H,2,11-13,20H2,1H3. The first kappa shape index (κ1) is 15.9. The molecule has 0 spiro atoms. The van der Waals surface area contributed by atoms with Gasteiger partial charge in [-0.1, -0.05) is 48.9 Å². The fraction of sp³-hybridized carbons (Fsp3) is 0.333. The number of halogens is 1. The molecule has 0 heterocycles. The topological polar surface area (TPSA) is 35.2 Å². The van der Waals surface area contributed by atoms with Crippen molar-refractivity contribution in [1.29, 1.82) is 0 Å². The highest BCUT2D eigenvalue weighted by atomic mass is 35.5. The highest BCUT2D eigenvalue weighted by molar-refractivity contribution is 6.30. The van der Waals surface area contributed by atoms with Gasteiger partial charge >= 0.3 is 0 Å². The van der Waals surface area contributed by atoms with E-state index in [0.29, 0.717) is 6.54 Å². The van der Waals surface area contributed by atoms with Crippen molar-refractivity contribution in [3.8, 4) is 5.75 Å².